The summed E-state index contributed by atoms with van der Waals surface area (Å²) in [4.78, 5) is 36.2. The van der Waals surface area contributed by atoms with Crippen molar-refractivity contribution in [1.29, 1.82) is 5.26 Å². The fraction of sp³-hybridized carbons (Fsp3) is 0.273. The van der Waals surface area contributed by atoms with Crippen molar-refractivity contribution in [3.05, 3.63) is 63.7 Å². The molecule has 0 saturated carbocycles. The molecule has 0 heterocycles. The van der Waals surface area contributed by atoms with E-state index in [9.17, 15) is 14.4 Å². The summed E-state index contributed by atoms with van der Waals surface area (Å²) < 4.78 is 5.17. The lowest BCUT2D eigenvalue weighted by molar-refractivity contribution is -0.115. The van der Waals surface area contributed by atoms with E-state index in [1.165, 1.54) is 24.3 Å². The van der Waals surface area contributed by atoms with Gasteiger partial charge >= 0.3 is 5.97 Å². The van der Waals surface area contributed by atoms with Crippen LogP contribution in [0, 0.1) is 39.0 Å². The number of hydrogen-bond acceptors (Lipinski definition) is 5. The first-order chi connectivity index (χ1) is 13.2. The fourth-order valence-corrected chi connectivity index (χ4v) is 2.97. The zero-order valence-electron chi connectivity index (χ0n) is 16.4. The van der Waals surface area contributed by atoms with Crippen molar-refractivity contribution >= 4 is 23.3 Å². The van der Waals surface area contributed by atoms with Gasteiger partial charge in [-0.1, -0.05) is 6.07 Å². The number of nitrogens with one attached hydrogen (secondary N) is 1. The molecule has 6 heteroatoms. The molecular weight excluding hydrogens is 356 g/mol. The SMILES string of the molecule is Cc1cc(C)c(C(=O)COC(=O)c2ccc(NC(=O)CC#N)cc2)c(C)c1C. The highest BCUT2D eigenvalue weighted by molar-refractivity contribution is 6.02. The number of rotatable bonds is 6. The van der Waals surface area contributed by atoms with E-state index in [4.69, 9.17) is 10.00 Å². The topological polar surface area (TPSA) is 96.3 Å². The molecule has 1 amide bonds. The minimum atomic E-state index is -0.623. The highest BCUT2D eigenvalue weighted by Gasteiger charge is 2.18. The molecule has 0 aromatic heterocycles. The highest BCUT2D eigenvalue weighted by Crippen LogP contribution is 2.22. The molecule has 0 aliphatic rings. The normalized spacial score (nSPS) is 10.1. The second-order valence-corrected chi connectivity index (χ2v) is 6.60. The van der Waals surface area contributed by atoms with Crippen LogP contribution in [0.3, 0.4) is 0 Å². The largest absolute Gasteiger partial charge is 0.454 e. The third kappa shape index (κ3) is 4.83. The number of benzene rings is 2. The molecule has 2 rings (SSSR count). The molecule has 1 N–H and O–H groups in total. The fourth-order valence-electron chi connectivity index (χ4n) is 2.97. The first-order valence-corrected chi connectivity index (χ1v) is 8.79. The van der Waals surface area contributed by atoms with Crippen molar-refractivity contribution in [3.63, 3.8) is 0 Å². The molecule has 6 nitrogen and oxygen atoms in total. The van der Waals surface area contributed by atoms with Crippen LogP contribution in [0.1, 0.15) is 49.4 Å². The molecule has 0 fully saturated rings. The van der Waals surface area contributed by atoms with Crippen molar-refractivity contribution in [1.82, 2.24) is 0 Å². The molecule has 2 aromatic carbocycles. The van der Waals surface area contributed by atoms with Gasteiger partial charge in [-0.05, 0) is 74.2 Å². The molecule has 0 aliphatic heterocycles. The van der Waals surface area contributed by atoms with Crippen LogP contribution in [0.2, 0.25) is 0 Å². The number of nitriles is 1. The Labute approximate surface area is 164 Å². The van der Waals surface area contributed by atoms with E-state index >= 15 is 0 Å². The average molecular weight is 378 g/mol. The summed E-state index contributed by atoms with van der Waals surface area (Å²) in [6.45, 7) is 7.38. The van der Waals surface area contributed by atoms with Gasteiger partial charge in [-0.2, -0.15) is 5.26 Å². The molecule has 144 valence electrons. The average Bonchev–Trinajstić information content (AvgIpc) is 2.65. The zero-order valence-corrected chi connectivity index (χ0v) is 16.4. The molecule has 0 aliphatic carbocycles. The Morgan fingerprint density at radius 1 is 1.00 bits per heavy atom. The van der Waals surface area contributed by atoms with Crippen LogP contribution in [-0.2, 0) is 9.53 Å². The Morgan fingerprint density at radius 3 is 2.25 bits per heavy atom. The summed E-state index contributed by atoms with van der Waals surface area (Å²) >= 11 is 0. The van der Waals surface area contributed by atoms with Crippen molar-refractivity contribution in [2.45, 2.75) is 34.1 Å². The van der Waals surface area contributed by atoms with Gasteiger partial charge in [0.15, 0.2) is 6.61 Å². The Hall–Kier alpha value is -3.46. The molecule has 0 bridgehead atoms. The van der Waals surface area contributed by atoms with Crippen LogP contribution in [0.15, 0.2) is 30.3 Å². The first-order valence-electron chi connectivity index (χ1n) is 8.79. The van der Waals surface area contributed by atoms with Gasteiger partial charge in [0.25, 0.3) is 0 Å². The van der Waals surface area contributed by atoms with E-state index < -0.39 is 11.9 Å². The second kappa shape index (κ2) is 8.96. The second-order valence-electron chi connectivity index (χ2n) is 6.60. The van der Waals surface area contributed by atoms with Crippen molar-refractivity contribution in [3.8, 4) is 6.07 Å². The first kappa shape index (κ1) is 20.8. The maximum atomic E-state index is 12.6. The van der Waals surface area contributed by atoms with Gasteiger partial charge in [0.2, 0.25) is 11.7 Å². The summed E-state index contributed by atoms with van der Waals surface area (Å²) in [7, 11) is 0. The van der Waals surface area contributed by atoms with Crippen molar-refractivity contribution in [2.24, 2.45) is 0 Å². The number of Topliss-reactive ketones (excluding diaryl/α,β-unsaturated/α-hetero) is 1. The van der Waals surface area contributed by atoms with Crippen molar-refractivity contribution in [2.75, 3.05) is 11.9 Å². The Balaban J connectivity index is 2.03. The van der Waals surface area contributed by atoms with E-state index in [1.54, 1.807) is 6.07 Å². The van der Waals surface area contributed by atoms with Gasteiger partial charge in [-0.15, -0.1) is 0 Å². The van der Waals surface area contributed by atoms with Crippen molar-refractivity contribution < 1.29 is 19.1 Å². The number of esters is 1. The van der Waals surface area contributed by atoms with E-state index in [1.807, 2.05) is 33.8 Å². The highest BCUT2D eigenvalue weighted by atomic mass is 16.5. The summed E-state index contributed by atoms with van der Waals surface area (Å²) in [6.07, 6.45) is -0.247. The molecule has 0 atom stereocenters. The minimum Gasteiger partial charge on any atom is -0.454 e. The van der Waals surface area contributed by atoms with Gasteiger partial charge in [0.05, 0.1) is 11.6 Å². The summed E-state index contributed by atoms with van der Waals surface area (Å²) in [5, 5.41) is 11.0. The number of amides is 1. The van der Waals surface area contributed by atoms with Gasteiger partial charge < -0.3 is 10.1 Å². The summed E-state index contributed by atoms with van der Waals surface area (Å²) in [5.41, 5.74) is 5.25. The van der Waals surface area contributed by atoms with Crippen LogP contribution in [-0.4, -0.2) is 24.3 Å². The number of ether oxygens (including phenoxy) is 1. The Bertz CT molecular complexity index is 970. The van der Waals surface area contributed by atoms with Gasteiger partial charge in [-0.3, -0.25) is 9.59 Å². The van der Waals surface area contributed by atoms with E-state index in [2.05, 4.69) is 5.32 Å². The quantitative estimate of drug-likeness (QED) is 0.609. The smallest absolute Gasteiger partial charge is 0.338 e. The molecular formula is C22H22N2O4. The van der Waals surface area contributed by atoms with Crippen LogP contribution < -0.4 is 5.32 Å². The third-order valence-electron chi connectivity index (χ3n) is 4.61. The number of ketones is 1. The van der Waals surface area contributed by atoms with Crippen LogP contribution in [0.25, 0.3) is 0 Å². The molecule has 0 unspecified atom stereocenters. The third-order valence-corrected chi connectivity index (χ3v) is 4.61. The summed E-state index contributed by atoms with van der Waals surface area (Å²) in [6, 6.07) is 9.75. The van der Waals surface area contributed by atoms with Crippen LogP contribution >= 0.6 is 0 Å². The number of hydrogen-bond donors (Lipinski definition) is 1. The number of aryl methyl sites for hydroxylation is 2. The van der Waals surface area contributed by atoms with Gasteiger partial charge in [0, 0.05) is 11.3 Å². The molecule has 2 aromatic rings. The van der Waals surface area contributed by atoms with Gasteiger partial charge in [0.1, 0.15) is 6.42 Å². The van der Waals surface area contributed by atoms with E-state index in [0.29, 0.717) is 11.3 Å². The monoisotopic (exact) mass is 378 g/mol. The Kier molecular flexibility index (Phi) is 6.67. The van der Waals surface area contributed by atoms with Crippen LogP contribution in [0.5, 0.6) is 0 Å². The summed E-state index contributed by atoms with van der Waals surface area (Å²) in [5.74, 6) is -1.29. The number of nitrogens with zero attached hydrogens (tertiary/aromatic N) is 1. The predicted molar refractivity (Wildman–Crippen MR) is 105 cm³/mol. The molecule has 0 radical (unpaired) electrons. The minimum absolute atomic E-state index is 0.244. The van der Waals surface area contributed by atoms with Crippen LogP contribution in [0.4, 0.5) is 5.69 Å². The maximum absolute atomic E-state index is 12.6. The zero-order chi connectivity index (χ0) is 20.8. The van der Waals surface area contributed by atoms with Gasteiger partial charge in [-0.25, -0.2) is 4.79 Å². The lowest BCUT2D eigenvalue weighted by Crippen LogP contribution is -2.17. The maximum Gasteiger partial charge on any atom is 0.338 e. The lowest BCUT2D eigenvalue weighted by Gasteiger charge is -2.14. The van der Waals surface area contributed by atoms with E-state index in [0.717, 1.165) is 22.3 Å². The predicted octanol–water partition coefficient (Wildman–Crippen LogP) is 3.81. The Morgan fingerprint density at radius 2 is 1.64 bits per heavy atom. The van der Waals surface area contributed by atoms with E-state index in [-0.39, 0.29) is 24.4 Å². The lowest BCUT2D eigenvalue weighted by atomic mass is 9.92. The number of carbonyl (C=O) groups is 3. The number of carbonyl (C=O) groups excluding carboxylic acids is 3. The molecule has 0 spiro atoms. The standard InChI is InChI=1S/C22H22N2O4/c1-13-11-14(2)21(16(4)15(13)3)19(25)12-28-22(27)17-5-7-18(8-6-17)24-20(26)9-10-23/h5-8,11H,9,12H2,1-4H3,(H,24,26). The molecule has 0 saturated heterocycles. The molecule has 28 heavy (non-hydrogen) atoms. The number of anilines is 1.